The van der Waals surface area contributed by atoms with Crippen molar-refractivity contribution in [3.63, 3.8) is 0 Å². The number of nitrogens with zero attached hydrogens (tertiary/aromatic N) is 3. The highest BCUT2D eigenvalue weighted by atomic mass is 16.7. The maximum atomic E-state index is 11.7. The number of allylic oxidation sites excluding steroid dienone is 4. The lowest BCUT2D eigenvalue weighted by Gasteiger charge is -2.08. The van der Waals surface area contributed by atoms with Gasteiger partial charge in [0, 0.05) is 18.8 Å². The Hall–Kier alpha value is -3.15. The number of carbonyl (C=O) groups is 1. The highest BCUT2D eigenvalue weighted by molar-refractivity contribution is 5.80. The molecule has 2 rings (SSSR count). The molecular formula is C26H36N4O2. The number of carbonyl (C=O) groups excluding carboxylic acids is 1. The lowest BCUT2D eigenvalue weighted by atomic mass is 10.1. The van der Waals surface area contributed by atoms with Crippen LogP contribution in [0.5, 0.6) is 0 Å². The zero-order chi connectivity index (χ0) is 23.3. The van der Waals surface area contributed by atoms with Crippen molar-refractivity contribution in [3.8, 4) is 0 Å². The van der Waals surface area contributed by atoms with Gasteiger partial charge in [0.15, 0.2) is 0 Å². The van der Waals surface area contributed by atoms with Crippen molar-refractivity contribution < 1.29 is 9.63 Å². The van der Waals surface area contributed by atoms with Crippen molar-refractivity contribution in [3.05, 3.63) is 70.8 Å². The van der Waals surface area contributed by atoms with E-state index in [9.17, 15) is 4.79 Å². The van der Waals surface area contributed by atoms with Crippen LogP contribution in [0.1, 0.15) is 67.9 Å². The highest BCUT2D eigenvalue weighted by Crippen LogP contribution is 2.21. The first kappa shape index (κ1) is 25.1. The van der Waals surface area contributed by atoms with Crippen molar-refractivity contribution in [1.82, 2.24) is 14.9 Å². The quantitative estimate of drug-likeness (QED) is 0.152. The van der Waals surface area contributed by atoms with Crippen molar-refractivity contribution >= 4 is 17.9 Å². The van der Waals surface area contributed by atoms with Crippen LogP contribution < -0.4 is 5.32 Å². The number of benzene rings is 1. The van der Waals surface area contributed by atoms with Gasteiger partial charge in [0.05, 0.1) is 11.9 Å². The van der Waals surface area contributed by atoms with E-state index in [1.807, 2.05) is 51.1 Å². The molecule has 1 aromatic heterocycles. The fourth-order valence-electron chi connectivity index (χ4n) is 3.53. The molecule has 1 amide bonds. The van der Waals surface area contributed by atoms with Crippen LogP contribution >= 0.6 is 0 Å². The molecule has 0 bridgehead atoms. The van der Waals surface area contributed by atoms with E-state index in [1.54, 1.807) is 0 Å². The van der Waals surface area contributed by atoms with Crippen LogP contribution in [-0.4, -0.2) is 28.4 Å². The lowest BCUT2D eigenvalue weighted by Crippen LogP contribution is -2.23. The lowest BCUT2D eigenvalue weighted by molar-refractivity contribution is 0.151. The number of amides is 1. The monoisotopic (exact) mass is 436 g/mol. The van der Waals surface area contributed by atoms with E-state index in [4.69, 9.17) is 9.82 Å². The summed E-state index contributed by atoms with van der Waals surface area (Å²) in [4.78, 5) is 21.3. The number of oxime groups is 1. The molecule has 0 aliphatic rings. The number of nitrogens with one attached hydrogen (secondary N) is 1. The second-order valence-corrected chi connectivity index (χ2v) is 7.85. The second-order valence-electron chi connectivity index (χ2n) is 7.85. The Kier molecular flexibility index (Phi) is 10.4. The Labute approximate surface area is 192 Å². The van der Waals surface area contributed by atoms with E-state index in [-0.39, 0.29) is 0 Å². The van der Waals surface area contributed by atoms with Gasteiger partial charge in [0.2, 0.25) is 0 Å². The summed E-state index contributed by atoms with van der Waals surface area (Å²) in [6.07, 6.45) is 11.4. The molecule has 0 aliphatic carbocycles. The average Bonchev–Trinajstić information content (AvgIpc) is 3.06. The molecule has 2 aromatic rings. The zero-order valence-corrected chi connectivity index (χ0v) is 20.0. The third-order valence-electron chi connectivity index (χ3n) is 5.34. The summed E-state index contributed by atoms with van der Waals surface area (Å²) in [5, 5.41) is 6.46. The van der Waals surface area contributed by atoms with Crippen LogP contribution in [0.15, 0.2) is 47.6 Å². The molecule has 0 aliphatic heterocycles. The van der Waals surface area contributed by atoms with E-state index in [2.05, 4.69) is 41.0 Å². The predicted octanol–water partition coefficient (Wildman–Crippen LogP) is 6.11. The van der Waals surface area contributed by atoms with Gasteiger partial charge in [-0.25, -0.2) is 9.78 Å². The van der Waals surface area contributed by atoms with Crippen LogP contribution in [0.4, 0.5) is 4.79 Å². The minimum Gasteiger partial charge on any atom is -0.332 e. The first-order chi connectivity index (χ1) is 15.5. The van der Waals surface area contributed by atoms with Gasteiger partial charge in [0.25, 0.3) is 0 Å². The van der Waals surface area contributed by atoms with E-state index in [1.165, 1.54) is 17.5 Å². The standard InChI is InChI=1S/C26H36N4O2/c1-6-12-24(7-2)25-21(4)30(22(5)29-25)18-11-9-8-10-17-27-26(31)32-28-19-23-15-13-20(3)14-16-23/h6-7,12-16,19H,8-11,17-18H2,1-5H3,(H,27,31)/b12-6-,24-7+,28-19+. The molecule has 1 aromatic carbocycles. The van der Waals surface area contributed by atoms with Crippen LogP contribution in [0.3, 0.4) is 0 Å². The van der Waals surface area contributed by atoms with Gasteiger partial charge in [-0.1, -0.05) is 66.1 Å². The number of hydrogen-bond donors (Lipinski definition) is 1. The molecule has 1 N–H and O–H groups in total. The van der Waals surface area contributed by atoms with Gasteiger partial charge in [0.1, 0.15) is 5.82 Å². The molecule has 0 spiro atoms. The summed E-state index contributed by atoms with van der Waals surface area (Å²) < 4.78 is 2.30. The van der Waals surface area contributed by atoms with Gasteiger partial charge in [-0.2, -0.15) is 0 Å². The Balaban J connectivity index is 1.64. The van der Waals surface area contributed by atoms with E-state index in [0.29, 0.717) is 6.54 Å². The minimum absolute atomic E-state index is 0.522. The van der Waals surface area contributed by atoms with E-state index in [0.717, 1.165) is 54.9 Å². The molecule has 6 heteroatoms. The fourth-order valence-corrected chi connectivity index (χ4v) is 3.53. The Morgan fingerprint density at radius 2 is 1.81 bits per heavy atom. The first-order valence-corrected chi connectivity index (χ1v) is 11.3. The highest BCUT2D eigenvalue weighted by Gasteiger charge is 2.12. The molecule has 0 saturated carbocycles. The molecule has 0 saturated heterocycles. The zero-order valence-electron chi connectivity index (χ0n) is 20.0. The van der Waals surface area contributed by atoms with Crippen molar-refractivity contribution in [2.45, 2.75) is 66.8 Å². The summed E-state index contributed by atoms with van der Waals surface area (Å²) in [5.41, 5.74) is 5.50. The summed E-state index contributed by atoms with van der Waals surface area (Å²) in [6, 6.07) is 7.82. The third-order valence-corrected chi connectivity index (χ3v) is 5.34. The van der Waals surface area contributed by atoms with Crippen LogP contribution in [0.2, 0.25) is 0 Å². The molecule has 0 atom stereocenters. The first-order valence-electron chi connectivity index (χ1n) is 11.3. The number of aryl methyl sites for hydroxylation is 2. The molecule has 0 unspecified atom stereocenters. The minimum atomic E-state index is -0.522. The predicted molar refractivity (Wildman–Crippen MR) is 132 cm³/mol. The fraction of sp³-hybridized carbons (Fsp3) is 0.423. The smallest absolute Gasteiger partial charge is 0.332 e. The summed E-state index contributed by atoms with van der Waals surface area (Å²) >= 11 is 0. The SMILES string of the molecule is C/C=C\C(=C/C)c1nc(C)n(CCCCCCNC(=O)O/N=C/c2ccc(C)cc2)c1C. The van der Waals surface area contributed by atoms with Crippen LogP contribution in [0.25, 0.3) is 5.57 Å². The Bertz CT molecular complexity index is 953. The summed E-state index contributed by atoms with van der Waals surface area (Å²) in [5.74, 6) is 1.05. The van der Waals surface area contributed by atoms with Crippen molar-refractivity contribution in [1.29, 1.82) is 0 Å². The molecular weight excluding hydrogens is 400 g/mol. The number of imidazole rings is 1. The molecule has 1 heterocycles. The molecule has 0 fully saturated rings. The third kappa shape index (κ3) is 7.84. The number of aromatic nitrogens is 2. The summed E-state index contributed by atoms with van der Waals surface area (Å²) in [6.45, 7) is 11.8. The number of unbranched alkanes of at least 4 members (excludes halogenated alkanes) is 3. The van der Waals surface area contributed by atoms with E-state index >= 15 is 0 Å². The maximum absolute atomic E-state index is 11.7. The van der Waals surface area contributed by atoms with Gasteiger partial charge in [-0.05, 0) is 58.6 Å². The van der Waals surface area contributed by atoms with Gasteiger partial charge in [-0.15, -0.1) is 0 Å². The normalized spacial score (nSPS) is 12.1. The molecule has 32 heavy (non-hydrogen) atoms. The average molecular weight is 437 g/mol. The van der Waals surface area contributed by atoms with Crippen LogP contribution in [-0.2, 0) is 11.4 Å². The maximum Gasteiger partial charge on any atom is 0.433 e. The Morgan fingerprint density at radius 1 is 1.09 bits per heavy atom. The number of hydrogen-bond acceptors (Lipinski definition) is 4. The molecule has 0 radical (unpaired) electrons. The van der Waals surface area contributed by atoms with Crippen LogP contribution in [0, 0.1) is 20.8 Å². The summed E-state index contributed by atoms with van der Waals surface area (Å²) in [7, 11) is 0. The van der Waals surface area contributed by atoms with Gasteiger partial charge in [-0.3, -0.25) is 4.84 Å². The van der Waals surface area contributed by atoms with Gasteiger partial charge < -0.3 is 9.88 Å². The topological polar surface area (TPSA) is 68.5 Å². The number of rotatable bonds is 11. The largest absolute Gasteiger partial charge is 0.433 e. The van der Waals surface area contributed by atoms with Crippen molar-refractivity contribution in [2.75, 3.05) is 6.54 Å². The van der Waals surface area contributed by atoms with Gasteiger partial charge >= 0.3 is 6.09 Å². The Morgan fingerprint density at radius 3 is 2.50 bits per heavy atom. The molecule has 6 nitrogen and oxygen atoms in total. The second kappa shape index (κ2) is 13.3. The van der Waals surface area contributed by atoms with E-state index < -0.39 is 6.09 Å². The molecule has 172 valence electrons. The van der Waals surface area contributed by atoms with Crippen molar-refractivity contribution in [2.24, 2.45) is 5.16 Å².